The molecule has 0 fully saturated rings. The number of carbonyl (C=O) groups is 1. The number of amides is 1. The minimum absolute atomic E-state index is 0.165. The first kappa shape index (κ1) is 17.0. The molecule has 0 bridgehead atoms. The van der Waals surface area contributed by atoms with Crippen LogP contribution in [0, 0.1) is 5.82 Å². The maximum absolute atomic E-state index is 13.1. The number of carbonyl (C=O) groups excluding carboxylic acids is 1. The van der Waals surface area contributed by atoms with Crippen LogP contribution < -0.4 is 5.32 Å². The Morgan fingerprint density at radius 1 is 1.48 bits per heavy atom. The maximum Gasteiger partial charge on any atom is 0.408 e. The Kier molecular flexibility index (Phi) is 4.44. The van der Waals surface area contributed by atoms with Crippen molar-refractivity contribution in [1.82, 2.24) is 15.1 Å². The van der Waals surface area contributed by atoms with E-state index in [9.17, 15) is 9.18 Å². The molecule has 0 saturated carbocycles. The van der Waals surface area contributed by atoms with E-state index in [1.54, 1.807) is 23.0 Å². The van der Waals surface area contributed by atoms with E-state index in [0.29, 0.717) is 6.42 Å². The molecule has 1 aromatic carbocycles. The van der Waals surface area contributed by atoms with Gasteiger partial charge in [-0.2, -0.15) is 5.10 Å². The lowest BCUT2D eigenvalue weighted by Crippen LogP contribution is -2.50. The average molecular weight is 341 g/mol. The minimum Gasteiger partial charge on any atom is -0.445 e. The molecule has 1 amide bonds. The number of halogens is 1. The Bertz CT molecular complexity index is 839. The summed E-state index contributed by atoms with van der Waals surface area (Å²) in [5.41, 5.74) is 3.15. The molecule has 5 nitrogen and oxygen atoms in total. The molecular formula is C19H20FN3O2. The Morgan fingerprint density at radius 2 is 2.20 bits per heavy atom. The molecule has 1 aromatic heterocycles. The fourth-order valence-corrected chi connectivity index (χ4v) is 2.89. The molecule has 0 saturated heterocycles. The standard InChI is InChI=1S/C19H20FN3O2/c1-4-9-25-18(24)22-19(3)11-14-12-21-23(17(14)10-13(19)2)16-7-5-15(20)6-8-16/h4-8,10,12H,1,9,11H2,2-3H3,(H,22,24)/t19-/m0/s1. The first-order valence-electron chi connectivity index (χ1n) is 8.00. The highest BCUT2D eigenvalue weighted by Crippen LogP contribution is 2.32. The van der Waals surface area contributed by atoms with Crippen LogP contribution in [0.4, 0.5) is 9.18 Å². The van der Waals surface area contributed by atoms with Crippen molar-refractivity contribution in [3.8, 4) is 5.69 Å². The van der Waals surface area contributed by atoms with Crippen LogP contribution >= 0.6 is 0 Å². The predicted molar refractivity (Wildman–Crippen MR) is 94.0 cm³/mol. The highest BCUT2D eigenvalue weighted by atomic mass is 19.1. The number of alkyl carbamates (subject to hydrolysis) is 1. The fraction of sp³-hybridized carbons (Fsp3) is 0.263. The number of ether oxygens (including phenoxy) is 1. The van der Waals surface area contributed by atoms with Crippen LogP contribution in [0.5, 0.6) is 0 Å². The second-order valence-corrected chi connectivity index (χ2v) is 6.29. The van der Waals surface area contributed by atoms with Gasteiger partial charge in [0.2, 0.25) is 0 Å². The number of hydrogen-bond donors (Lipinski definition) is 1. The first-order valence-corrected chi connectivity index (χ1v) is 8.00. The van der Waals surface area contributed by atoms with Gasteiger partial charge in [0.15, 0.2) is 0 Å². The van der Waals surface area contributed by atoms with Crippen LogP contribution in [0.3, 0.4) is 0 Å². The Morgan fingerprint density at radius 3 is 2.88 bits per heavy atom. The van der Waals surface area contributed by atoms with Crippen LogP contribution in [0.25, 0.3) is 11.8 Å². The van der Waals surface area contributed by atoms with Crippen molar-refractivity contribution in [2.45, 2.75) is 25.8 Å². The Labute approximate surface area is 145 Å². The van der Waals surface area contributed by atoms with Gasteiger partial charge in [-0.25, -0.2) is 13.9 Å². The van der Waals surface area contributed by atoms with Crippen LogP contribution in [0.1, 0.15) is 25.1 Å². The van der Waals surface area contributed by atoms with Crippen molar-refractivity contribution in [3.05, 3.63) is 65.8 Å². The summed E-state index contributed by atoms with van der Waals surface area (Å²) < 4.78 is 19.9. The van der Waals surface area contributed by atoms with Crippen LogP contribution in [-0.2, 0) is 11.2 Å². The highest BCUT2D eigenvalue weighted by molar-refractivity contribution is 5.71. The number of nitrogens with one attached hydrogen (secondary N) is 1. The molecule has 0 aliphatic heterocycles. The van der Waals surface area contributed by atoms with E-state index in [0.717, 1.165) is 22.5 Å². The molecule has 0 radical (unpaired) electrons. The van der Waals surface area contributed by atoms with Gasteiger partial charge in [0, 0.05) is 12.0 Å². The zero-order valence-corrected chi connectivity index (χ0v) is 14.3. The lowest BCUT2D eigenvalue weighted by Gasteiger charge is -2.34. The second kappa shape index (κ2) is 6.55. The van der Waals surface area contributed by atoms with Crippen molar-refractivity contribution >= 4 is 12.2 Å². The molecule has 0 spiro atoms. The summed E-state index contributed by atoms with van der Waals surface area (Å²) in [6.07, 6.45) is 5.40. The topological polar surface area (TPSA) is 56.1 Å². The van der Waals surface area contributed by atoms with E-state index < -0.39 is 11.6 Å². The van der Waals surface area contributed by atoms with E-state index in [2.05, 4.69) is 17.0 Å². The molecule has 6 heteroatoms. The lowest BCUT2D eigenvalue weighted by molar-refractivity contribution is 0.149. The molecule has 1 aliphatic rings. The quantitative estimate of drug-likeness (QED) is 0.864. The minimum atomic E-state index is -0.554. The number of aromatic nitrogens is 2. The number of benzene rings is 1. The zero-order valence-electron chi connectivity index (χ0n) is 14.3. The summed E-state index contributed by atoms with van der Waals surface area (Å²) in [5, 5.41) is 7.33. The largest absolute Gasteiger partial charge is 0.445 e. The second-order valence-electron chi connectivity index (χ2n) is 6.29. The van der Waals surface area contributed by atoms with Crippen molar-refractivity contribution in [1.29, 1.82) is 0 Å². The van der Waals surface area contributed by atoms with E-state index in [4.69, 9.17) is 4.74 Å². The predicted octanol–water partition coefficient (Wildman–Crippen LogP) is 3.64. The molecule has 0 unspecified atom stereocenters. The third-order valence-corrected chi connectivity index (χ3v) is 4.44. The number of hydrogen-bond acceptors (Lipinski definition) is 3. The normalized spacial score (nSPS) is 18.9. The van der Waals surface area contributed by atoms with Gasteiger partial charge >= 0.3 is 6.09 Å². The fourth-order valence-electron chi connectivity index (χ4n) is 2.89. The van der Waals surface area contributed by atoms with Crippen molar-refractivity contribution < 1.29 is 13.9 Å². The van der Waals surface area contributed by atoms with Crippen molar-refractivity contribution in [2.24, 2.45) is 0 Å². The van der Waals surface area contributed by atoms with Gasteiger partial charge in [-0.3, -0.25) is 0 Å². The third kappa shape index (κ3) is 3.33. The highest BCUT2D eigenvalue weighted by Gasteiger charge is 2.34. The van der Waals surface area contributed by atoms with Crippen LogP contribution in [0.15, 0.2) is 48.7 Å². The van der Waals surface area contributed by atoms with Gasteiger partial charge in [-0.05, 0) is 49.8 Å². The molecule has 25 heavy (non-hydrogen) atoms. The average Bonchev–Trinajstić information content (AvgIpc) is 2.96. The third-order valence-electron chi connectivity index (χ3n) is 4.44. The zero-order chi connectivity index (χ0) is 18.0. The molecule has 130 valence electrons. The first-order chi connectivity index (χ1) is 11.9. The van der Waals surface area contributed by atoms with Gasteiger partial charge < -0.3 is 10.1 Å². The van der Waals surface area contributed by atoms with Gasteiger partial charge in [0.05, 0.1) is 23.1 Å². The summed E-state index contributed by atoms with van der Waals surface area (Å²) >= 11 is 0. The summed E-state index contributed by atoms with van der Waals surface area (Å²) in [4.78, 5) is 11.9. The van der Waals surface area contributed by atoms with Crippen LogP contribution in [0.2, 0.25) is 0 Å². The van der Waals surface area contributed by atoms with E-state index >= 15 is 0 Å². The molecule has 3 rings (SSSR count). The molecule has 1 aliphatic carbocycles. The van der Waals surface area contributed by atoms with Gasteiger partial charge in [0.25, 0.3) is 0 Å². The van der Waals surface area contributed by atoms with Crippen molar-refractivity contribution in [2.75, 3.05) is 6.61 Å². The van der Waals surface area contributed by atoms with Crippen molar-refractivity contribution in [3.63, 3.8) is 0 Å². The number of nitrogens with zero attached hydrogens (tertiary/aromatic N) is 2. The van der Waals surface area contributed by atoms with Gasteiger partial charge in [-0.1, -0.05) is 12.7 Å². The molecule has 1 heterocycles. The summed E-state index contributed by atoms with van der Waals surface area (Å²) in [7, 11) is 0. The summed E-state index contributed by atoms with van der Waals surface area (Å²) in [6.45, 7) is 7.60. The van der Waals surface area contributed by atoms with E-state index in [1.807, 2.05) is 19.9 Å². The summed E-state index contributed by atoms with van der Waals surface area (Å²) in [6, 6.07) is 6.18. The number of rotatable bonds is 4. The molecule has 1 atom stereocenters. The maximum atomic E-state index is 13.1. The SMILES string of the molecule is C=CCOC(=O)N[C@@]1(C)Cc2cnn(-c3ccc(F)cc3)c2C=C1C. The number of fused-ring (bicyclic) bond motifs is 1. The molecule has 1 N–H and O–H groups in total. The molecular weight excluding hydrogens is 321 g/mol. The van der Waals surface area contributed by atoms with E-state index in [1.165, 1.54) is 18.2 Å². The lowest BCUT2D eigenvalue weighted by atomic mass is 9.81. The smallest absolute Gasteiger partial charge is 0.408 e. The molecule has 2 aromatic rings. The monoisotopic (exact) mass is 341 g/mol. The Balaban J connectivity index is 1.88. The van der Waals surface area contributed by atoms with E-state index in [-0.39, 0.29) is 12.4 Å². The van der Waals surface area contributed by atoms with Crippen LogP contribution in [-0.4, -0.2) is 28.0 Å². The Hall–Kier alpha value is -2.89. The van der Waals surface area contributed by atoms with Gasteiger partial charge in [-0.15, -0.1) is 0 Å². The summed E-state index contributed by atoms with van der Waals surface area (Å²) in [5.74, 6) is -0.286. The van der Waals surface area contributed by atoms with Gasteiger partial charge in [0.1, 0.15) is 12.4 Å².